The second-order valence-corrected chi connectivity index (χ2v) is 6.66. The van der Waals surface area contributed by atoms with Crippen LogP contribution in [0, 0.1) is 5.92 Å². The van der Waals surface area contributed by atoms with Gasteiger partial charge in [-0.25, -0.2) is 0 Å². The van der Waals surface area contributed by atoms with Gasteiger partial charge < -0.3 is 5.32 Å². The van der Waals surface area contributed by atoms with Gasteiger partial charge in [0.25, 0.3) is 0 Å². The van der Waals surface area contributed by atoms with Gasteiger partial charge in [0.1, 0.15) is 0 Å². The van der Waals surface area contributed by atoms with Gasteiger partial charge in [0, 0.05) is 17.8 Å². The van der Waals surface area contributed by atoms with Gasteiger partial charge in [-0.3, -0.25) is 4.90 Å². The Labute approximate surface area is 111 Å². The van der Waals surface area contributed by atoms with E-state index in [4.69, 9.17) is 0 Å². The minimum absolute atomic E-state index is 0.880. The Hall–Kier alpha value is 0.270. The number of likely N-dealkylation sites (tertiary alicyclic amines) is 1. The maximum Gasteiger partial charge on any atom is 0.0214 e. The molecule has 3 unspecified atom stereocenters. The molecule has 3 atom stereocenters. The normalized spacial score (nSPS) is 35.3. The number of nitrogens with zero attached hydrogens (tertiary/aromatic N) is 1. The van der Waals surface area contributed by atoms with E-state index in [1.807, 2.05) is 0 Å². The van der Waals surface area contributed by atoms with Gasteiger partial charge in [-0.05, 0) is 51.1 Å². The standard InChI is InChI=1S/C14H28N2S/c1-3-15-10-12-8-9-16(11-12)13-6-4-5-7-14(13)17-2/h12-15H,3-11H2,1-2H3. The van der Waals surface area contributed by atoms with Crippen LogP contribution in [0.2, 0.25) is 0 Å². The molecular formula is C14H28N2S. The third kappa shape index (κ3) is 3.62. The third-order valence-corrected chi connectivity index (χ3v) is 5.60. The summed E-state index contributed by atoms with van der Waals surface area (Å²) in [6.45, 7) is 7.24. The minimum Gasteiger partial charge on any atom is -0.317 e. The molecule has 1 heterocycles. The number of rotatable bonds is 5. The van der Waals surface area contributed by atoms with Crippen molar-refractivity contribution in [1.29, 1.82) is 0 Å². The Morgan fingerprint density at radius 1 is 1.24 bits per heavy atom. The molecule has 1 aliphatic carbocycles. The molecule has 2 aliphatic rings. The second-order valence-electron chi connectivity index (χ2n) is 5.58. The van der Waals surface area contributed by atoms with Crippen molar-refractivity contribution in [2.24, 2.45) is 5.92 Å². The summed E-state index contributed by atoms with van der Waals surface area (Å²) in [6, 6.07) is 0.880. The second kappa shape index (κ2) is 7.01. The summed E-state index contributed by atoms with van der Waals surface area (Å²) in [5.74, 6) is 0.902. The molecule has 1 aliphatic heterocycles. The van der Waals surface area contributed by atoms with E-state index < -0.39 is 0 Å². The first-order valence-electron chi connectivity index (χ1n) is 7.32. The summed E-state index contributed by atoms with van der Waals surface area (Å²) in [5.41, 5.74) is 0. The van der Waals surface area contributed by atoms with Crippen molar-refractivity contribution in [2.45, 2.75) is 50.3 Å². The van der Waals surface area contributed by atoms with Crippen LogP contribution in [0.5, 0.6) is 0 Å². The van der Waals surface area contributed by atoms with Crippen molar-refractivity contribution in [2.75, 3.05) is 32.4 Å². The highest BCUT2D eigenvalue weighted by Gasteiger charge is 2.33. The molecule has 0 bridgehead atoms. The highest BCUT2D eigenvalue weighted by Crippen LogP contribution is 2.33. The SMILES string of the molecule is CCNCC1CCN(C2CCCCC2SC)C1. The Kier molecular flexibility index (Phi) is 5.64. The smallest absolute Gasteiger partial charge is 0.0214 e. The van der Waals surface area contributed by atoms with Gasteiger partial charge >= 0.3 is 0 Å². The summed E-state index contributed by atoms with van der Waals surface area (Å²) in [4.78, 5) is 2.79. The van der Waals surface area contributed by atoms with Crippen molar-refractivity contribution in [1.82, 2.24) is 10.2 Å². The average molecular weight is 256 g/mol. The van der Waals surface area contributed by atoms with Crippen LogP contribution in [0.15, 0.2) is 0 Å². The topological polar surface area (TPSA) is 15.3 Å². The summed E-state index contributed by atoms with van der Waals surface area (Å²) < 4.78 is 0. The Morgan fingerprint density at radius 2 is 2.06 bits per heavy atom. The highest BCUT2D eigenvalue weighted by molar-refractivity contribution is 7.99. The van der Waals surface area contributed by atoms with Crippen molar-refractivity contribution in [3.63, 3.8) is 0 Å². The summed E-state index contributed by atoms with van der Waals surface area (Å²) >= 11 is 2.10. The van der Waals surface area contributed by atoms with E-state index in [0.717, 1.165) is 23.8 Å². The van der Waals surface area contributed by atoms with Crippen LogP contribution in [0.3, 0.4) is 0 Å². The van der Waals surface area contributed by atoms with E-state index >= 15 is 0 Å². The van der Waals surface area contributed by atoms with Crippen LogP contribution in [-0.2, 0) is 0 Å². The molecule has 2 rings (SSSR count). The molecule has 2 nitrogen and oxygen atoms in total. The molecule has 1 saturated carbocycles. The molecule has 0 aromatic carbocycles. The molecule has 0 amide bonds. The fraction of sp³-hybridized carbons (Fsp3) is 1.00. The van der Waals surface area contributed by atoms with Gasteiger partial charge in [-0.15, -0.1) is 0 Å². The van der Waals surface area contributed by atoms with Gasteiger partial charge in [0.2, 0.25) is 0 Å². The molecule has 1 N–H and O–H groups in total. The van der Waals surface area contributed by atoms with Crippen LogP contribution in [0.4, 0.5) is 0 Å². The number of hydrogen-bond donors (Lipinski definition) is 1. The fourth-order valence-electron chi connectivity index (χ4n) is 3.45. The predicted molar refractivity (Wildman–Crippen MR) is 77.8 cm³/mol. The fourth-order valence-corrected chi connectivity index (χ4v) is 4.47. The van der Waals surface area contributed by atoms with Crippen molar-refractivity contribution in [3.05, 3.63) is 0 Å². The molecule has 0 aromatic heterocycles. The summed E-state index contributed by atoms with van der Waals surface area (Å²) in [7, 11) is 0. The van der Waals surface area contributed by atoms with E-state index in [1.165, 1.54) is 51.7 Å². The van der Waals surface area contributed by atoms with Crippen molar-refractivity contribution in [3.8, 4) is 0 Å². The van der Waals surface area contributed by atoms with Gasteiger partial charge in [0.15, 0.2) is 0 Å². The number of nitrogens with one attached hydrogen (secondary N) is 1. The zero-order valence-electron chi connectivity index (χ0n) is 11.5. The van der Waals surface area contributed by atoms with Crippen LogP contribution in [-0.4, -0.2) is 48.6 Å². The van der Waals surface area contributed by atoms with E-state index in [-0.39, 0.29) is 0 Å². The summed E-state index contributed by atoms with van der Waals surface area (Å²) in [6.07, 6.45) is 9.51. The molecule has 17 heavy (non-hydrogen) atoms. The lowest BCUT2D eigenvalue weighted by Crippen LogP contribution is -2.43. The van der Waals surface area contributed by atoms with Crippen LogP contribution in [0.1, 0.15) is 39.0 Å². The van der Waals surface area contributed by atoms with Gasteiger partial charge in [-0.2, -0.15) is 11.8 Å². The molecule has 0 radical (unpaired) electrons. The molecule has 100 valence electrons. The first-order chi connectivity index (χ1) is 8.35. The number of hydrogen-bond acceptors (Lipinski definition) is 3. The maximum atomic E-state index is 3.51. The third-order valence-electron chi connectivity index (χ3n) is 4.44. The quantitative estimate of drug-likeness (QED) is 0.814. The zero-order chi connectivity index (χ0) is 12.1. The largest absolute Gasteiger partial charge is 0.317 e. The molecule has 3 heteroatoms. The maximum absolute atomic E-state index is 3.51. The molecular weight excluding hydrogens is 228 g/mol. The van der Waals surface area contributed by atoms with E-state index in [2.05, 4.69) is 35.2 Å². The van der Waals surface area contributed by atoms with Gasteiger partial charge in [0.05, 0.1) is 0 Å². The first-order valence-corrected chi connectivity index (χ1v) is 8.61. The Morgan fingerprint density at radius 3 is 2.82 bits per heavy atom. The lowest BCUT2D eigenvalue weighted by molar-refractivity contribution is 0.191. The Bertz CT molecular complexity index is 222. The Balaban J connectivity index is 1.81. The minimum atomic E-state index is 0.880. The molecule has 2 fully saturated rings. The first kappa shape index (κ1) is 13.7. The zero-order valence-corrected chi connectivity index (χ0v) is 12.3. The predicted octanol–water partition coefficient (Wildman–Crippen LogP) is 2.59. The van der Waals surface area contributed by atoms with Crippen LogP contribution >= 0.6 is 11.8 Å². The lowest BCUT2D eigenvalue weighted by atomic mass is 9.94. The molecule has 0 aromatic rings. The van der Waals surface area contributed by atoms with E-state index in [9.17, 15) is 0 Å². The van der Waals surface area contributed by atoms with Gasteiger partial charge in [-0.1, -0.05) is 19.8 Å². The summed E-state index contributed by atoms with van der Waals surface area (Å²) in [5, 5.41) is 4.41. The van der Waals surface area contributed by atoms with E-state index in [1.54, 1.807) is 0 Å². The molecule has 1 saturated heterocycles. The monoisotopic (exact) mass is 256 g/mol. The van der Waals surface area contributed by atoms with Crippen molar-refractivity contribution < 1.29 is 0 Å². The van der Waals surface area contributed by atoms with Crippen LogP contribution < -0.4 is 5.32 Å². The lowest BCUT2D eigenvalue weighted by Gasteiger charge is -2.37. The molecule has 0 spiro atoms. The van der Waals surface area contributed by atoms with E-state index in [0.29, 0.717) is 0 Å². The van der Waals surface area contributed by atoms with Crippen molar-refractivity contribution >= 4 is 11.8 Å². The average Bonchev–Trinajstić information content (AvgIpc) is 2.85. The highest BCUT2D eigenvalue weighted by atomic mass is 32.2. The number of thioether (sulfide) groups is 1. The van der Waals surface area contributed by atoms with Crippen LogP contribution in [0.25, 0.3) is 0 Å².